The monoisotopic (exact) mass is 320 g/mol. The Balaban J connectivity index is 2.03. The normalized spacial score (nSPS) is 17.3. The largest absolute Gasteiger partial charge is 0.395 e. The van der Waals surface area contributed by atoms with E-state index in [1.54, 1.807) is 12.3 Å². The lowest BCUT2D eigenvalue weighted by Gasteiger charge is -2.38. The zero-order chi connectivity index (χ0) is 16.8. The number of nitrogens with zero attached hydrogens (tertiary/aromatic N) is 3. The number of anilines is 1. The van der Waals surface area contributed by atoms with Gasteiger partial charge in [0.05, 0.1) is 12.2 Å². The highest BCUT2D eigenvalue weighted by Crippen LogP contribution is 2.17. The fourth-order valence-corrected chi connectivity index (χ4v) is 2.93. The maximum absolute atomic E-state index is 12.8. The summed E-state index contributed by atoms with van der Waals surface area (Å²) in [6, 6.07) is 4.05. The molecule has 6 nitrogen and oxygen atoms in total. The Hall–Kier alpha value is -1.66. The number of rotatable bonds is 6. The zero-order valence-electron chi connectivity index (χ0n) is 14.3. The standard InChI is InChI=1S/C17H28N4O2/c1-4-14(12-22)20-8-10-21(11-9-20)17(23)15-6-5-7-18-16(15)19-13(2)3/h5-7,13-14,22H,4,8-12H2,1-3H3,(H,18,19). The molecule has 1 atom stereocenters. The maximum Gasteiger partial charge on any atom is 0.257 e. The number of hydrogen-bond donors (Lipinski definition) is 2. The van der Waals surface area contributed by atoms with Gasteiger partial charge in [-0.15, -0.1) is 0 Å². The van der Waals surface area contributed by atoms with E-state index in [0.29, 0.717) is 24.5 Å². The van der Waals surface area contributed by atoms with E-state index >= 15 is 0 Å². The lowest BCUT2D eigenvalue weighted by Crippen LogP contribution is -2.52. The number of aliphatic hydroxyl groups is 1. The summed E-state index contributed by atoms with van der Waals surface area (Å²) in [6.45, 7) is 9.29. The molecule has 1 unspecified atom stereocenters. The molecule has 0 bridgehead atoms. The molecule has 2 heterocycles. The van der Waals surface area contributed by atoms with Crippen LogP contribution in [0.15, 0.2) is 18.3 Å². The average Bonchev–Trinajstić information content (AvgIpc) is 2.56. The van der Waals surface area contributed by atoms with Crippen LogP contribution >= 0.6 is 0 Å². The minimum Gasteiger partial charge on any atom is -0.395 e. The van der Waals surface area contributed by atoms with Crippen LogP contribution in [0.25, 0.3) is 0 Å². The molecule has 128 valence electrons. The molecule has 1 aliphatic heterocycles. The third kappa shape index (κ3) is 4.42. The van der Waals surface area contributed by atoms with Gasteiger partial charge in [-0.1, -0.05) is 6.92 Å². The highest BCUT2D eigenvalue weighted by molar-refractivity contribution is 5.98. The molecule has 0 spiro atoms. The zero-order valence-corrected chi connectivity index (χ0v) is 14.3. The van der Waals surface area contributed by atoms with Crippen LogP contribution in [0.4, 0.5) is 5.82 Å². The first-order valence-electron chi connectivity index (χ1n) is 8.42. The number of aliphatic hydroxyl groups excluding tert-OH is 1. The maximum atomic E-state index is 12.8. The number of pyridine rings is 1. The van der Waals surface area contributed by atoms with Crippen molar-refractivity contribution in [2.75, 3.05) is 38.1 Å². The van der Waals surface area contributed by atoms with E-state index in [9.17, 15) is 9.90 Å². The third-order valence-electron chi connectivity index (χ3n) is 4.26. The van der Waals surface area contributed by atoms with Gasteiger partial charge in [0.15, 0.2) is 0 Å². The van der Waals surface area contributed by atoms with Gasteiger partial charge in [-0.25, -0.2) is 4.98 Å². The number of piperazine rings is 1. The Morgan fingerprint density at radius 2 is 2.04 bits per heavy atom. The van der Waals surface area contributed by atoms with Crippen molar-refractivity contribution in [1.82, 2.24) is 14.8 Å². The Kier molecular flexibility index (Phi) is 6.36. The molecule has 2 rings (SSSR count). The van der Waals surface area contributed by atoms with Crippen molar-refractivity contribution in [1.29, 1.82) is 0 Å². The van der Waals surface area contributed by atoms with Gasteiger partial charge in [0.25, 0.3) is 5.91 Å². The Labute approximate surface area is 138 Å². The van der Waals surface area contributed by atoms with E-state index in [2.05, 4.69) is 22.1 Å². The third-order valence-corrected chi connectivity index (χ3v) is 4.26. The van der Waals surface area contributed by atoms with E-state index in [4.69, 9.17) is 0 Å². The van der Waals surface area contributed by atoms with Gasteiger partial charge in [-0.05, 0) is 32.4 Å². The molecule has 2 N–H and O–H groups in total. The van der Waals surface area contributed by atoms with Crippen LogP contribution in [0.5, 0.6) is 0 Å². The molecule has 0 aliphatic carbocycles. The van der Waals surface area contributed by atoms with Crippen molar-refractivity contribution >= 4 is 11.7 Å². The van der Waals surface area contributed by atoms with Crippen LogP contribution in [-0.2, 0) is 0 Å². The molecule has 23 heavy (non-hydrogen) atoms. The molecule has 0 aromatic carbocycles. The van der Waals surface area contributed by atoms with Gasteiger partial charge in [-0.2, -0.15) is 0 Å². The van der Waals surface area contributed by atoms with Crippen LogP contribution in [-0.4, -0.2) is 70.7 Å². The summed E-state index contributed by atoms with van der Waals surface area (Å²) in [5, 5.41) is 12.6. The highest BCUT2D eigenvalue weighted by atomic mass is 16.3. The molecule has 1 aromatic heterocycles. The minimum absolute atomic E-state index is 0.0259. The second-order valence-electron chi connectivity index (χ2n) is 6.27. The van der Waals surface area contributed by atoms with Crippen LogP contribution < -0.4 is 5.32 Å². The molecular formula is C17H28N4O2. The molecule has 0 radical (unpaired) electrons. The first kappa shape index (κ1) is 17.7. The Bertz CT molecular complexity index is 509. The van der Waals surface area contributed by atoms with Gasteiger partial charge in [0.2, 0.25) is 0 Å². The average molecular weight is 320 g/mol. The van der Waals surface area contributed by atoms with Crippen LogP contribution in [0.1, 0.15) is 37.6 Å². The van der Waals surface area contributed by atoms with Crippen molar-refractivity contribution in [3.63, 3.8) is 0 Å². The smallest absolute Gasteiger partial charge is 0.257 e. The first-order chi connectivity index (χ1) is 11.1. The first-order valence-corrected chi connectivity index (χ1v) is 8.42. The topological polar surface area (TPSA) is 68.7 Å². The summed E-state index contributed by atoms with van der Waals surface area (Å²) < 4.78 is 0. The van der Waals surface area contributed by atoms with Crippen molar-refractivity contribution in [3.05, 3.63) is 23.9 Å². The quantitative estimate of drug-likeness (QED) is 0.830. The van der Waals surface area contributed by atoms with Crippen LogP contribution in [0.3, 0.4) is 0 Å². The molecule has 1 aromatic rings. The van der Waals surface area contributed by atoms with E-state index in [0.717, 1.165) is 19.5 Å². The lowest BCUT2D eigenvalue weighted by atomic mass is 10.1. The summed E-state index contributed by atoms with van der Waals surface area (Å²) in [4.78, 5) is 21.2. The summed E-state index contributed by atoms with van der Waals surface area (Å²) in [5.41, 5.74) is 0.629. The van der Waals surface area contributed by atoms with E-state index in [1.165, 1.54) is 0 Å². The molecule has 0 saturated carbocycles. The number of nitrogens with one attached hydrogen (secondary N) is 1. The Morgan fingerprint density at radius 1 is 1.35 bits per heavy atom. The van der Waals surface area contributed by atoms with Crippen molar-refractivity contribution in [2.24, 2.45) is 0 Å². The number of amides is 1. The van der Waals surface area contributed by atoms with Gasteiger partial charge >= 0.3 is 0 Å². The Morgan fingerprint density at radius 3 is 2.61 bits per heavy atom. The van der Waals surface area contributed by atoms with E-state index in [-0.39, 0.29) is 24.6 Å². The van der Waals surface area contributed by atoms with Crippen molar-refractivity contribution in [3.8, 4) is 0 Å². The second kappa shape index (κ2) is 8.26. The molecular weight excluding hydrogens is 292 g/mol. The van der Waals surface area contributed by atoms with E-state index in [1.807, 2.05) is 24.8 Å². The predicted octanol–water partition coefficient (Wildman–Crippen LogP) is 1.43. The number of carbonyl (C=O) groups excluding carboxylic acids is 1. The molecule has 6 heteroatoms. The molecule has 1 fully saturated rings. The van der Waals surface area contributed by atoms with Crippen molar-refractivity contribution < 1.29 is 9.90 Å². The molecule has 1 aliphatic rings. The van der Waals surface area contributed by atoms with Gasteiger partial charge in [-0.3, -0.25) is 9.69 Å². The van der Waals surface area contributed by atoms with Crippen LogP contribution in [0, 0.1) is 0 Å². The highest BCUT2D eigenvalue weighted by Gasteiger charge is 2.26. The predicted molar refractivity (Wildman–Crippen MR) is 91.6 cm³/mol. The second-order valence-corrected chi connectivity index (χ2v) is 6.27. The van der Waals surface area contributed by atoms with Gasteiger partial charge in [0.1, 0.15) is 5.82 Å². The summed E-state index contributed by atoms with van der Waals surface area (Å²) in [7, 11) is 0. The number of aromatic nitrogens is 1. The fraction of sp³-hybridized carbons (Fsp3) is 0.647. The van der Waals surface area contributed by atoms with E-state index < -0.39 is 0 Å². The summed E-state index contributed by atoms with van der Waals surface area (Å²) in [5.74, 6) is 0.676. The minimum atomic E-state index is 0.0259. The summed E-state index contributed by atoms with van der Waals surface area (Å²) in [6.07, 6.45) is 2.63. The van der Waals surface area contributed by atoms with Gasteiger partial charge in [0, 0.05) is 44.5 Å². The van der Waals surface area contributed by atoms with Crippen LogP contribution in [0.2, 0.25) is 0 Å². The SMILES string of the molecule is CCC(CO)N1CCN(C(=O)c2cccnc2NC(C)C)CC1. The van der Waals surface area contributed by atoms with Crippen molar-refractivity contribution in [2.45, 2.75) is 39.3 Å². The molecule has 1 amide bonds. The fourth-order valence-electron chi connectivity index (χ4n) is 2.93. The number of hydrogen-bond acceptors (Lipinski definition) is 5. The van der Waals surface area contributed by atoms with Gasteiger partial charge < -0.3 is 15.3 Å². The lowest BCUT2D eigenvalue weighted by molar-refractivity contribution is 0.0473. The molecule has 1 saturated heterocycles. The summed E-state index contributed by atoms with van der Waals surface area (Å²) >= 11 is 0. The number of carbonyl (C=O) groups is 1.